The molecule has 0 aliphatic heterocycles. The molecule has 0 saturated carbocycles. The molecule has 0 bridgehead atoms. The summed E-state index contributed by atoms with van der Waals surface area (Å²) in [5, 5.41) is 4.07. The zero-order valence-corrected chi connectivity index (χ0v) is 9.99. The minimum absolute atomic E-state index is 0.576. The number of aryl methyl sites for hydroxylation is 1. The number of rotatable bonds is 5. The lowest BCUT2D eigenvalue weighted by atomic mass is 10.1. The van der Waals surface area contributed by atoms with Gasteiger partial charge in [-0.2, -0.15) is 0 Å². The van der Waals surface area contributed by atoms with Gasteiger partial charge in [0.1, 0.15) is 12.4 Å². The number of hydrogen-bond acceptors (Lipinski definition) is 3. The van der Waals surface area contributed by atoms with E-state index in [1.54, 1.807) is 0 Å². The summed E-state index contributed by atoms with van der Waals surface area (Å²) in [6.07, 6.45) is 0.822. The van der Waals surface area contributed by atoms with Crippen LogP contribution in [-0.4, -0.2) is 12.3 Å². The van der Waals surface area contributed by atoms with Gasteiger partial charge in [-0.25, -0.2) is 0 Å². The molecule has 1 aromatic carbocycles. The van der Waals surface area contributed by atoms with Crippen molar-refractivity contribution in [2.45, 2.75) is 27.2 Å². The number of ether oxygens (including phenoxy) is 1. The summed E-state index contributed by atoms with van der Waals surface area (Å²) in [4.78, 5) is 5.07. The highest BCUT2D eigenvalue weighted by atomic mass is 16.6. The first-order chi connectivity index (χ1) is 7.72. The third kappa shape index (κ3) is 2.99. The Kier molecular flexibility index (Phi) is 4.83. The standard InChI is InChI=1S/C13H17NO2/c1-5-12(14-16-6-2)11-7-8-13(15-4)10(3)9-11/h4,7-9H,5-6H2,1-3H3. The van der Waals surface area contributed by atoms with Gasteiger partial charge >= 0.3 is 0 Å². The Morgan fingerprint density at radius 1 is 1.38 bits per heavy atom. The van der Waals surface area contributed by atoms with Crippen LogP contribution in [0.4, 0.5) is 0 Å². The predicted molar refractivity (Wildman–Crippen MR) is 64.6 cm³/mol. The molecule has 0 heterocycles. The molecule has 0 amide bonds. The number of benzene rings is 1. The monoisotopic (exact) mass is 219 g/mol. The van der Waals surface area contributed by atoms with Crippen molar-refractivity contribution in [1.29, 1.82) is 0 Å². The maximum absolute atomic E-state index is 5.13. The van der Waals surface area contributed by atoms with Crippen molar-refractivity contribution in [3.63, 3.8) is 0 Å². The summed E-state index contributed by atoms with van der Waals surface area (Å²) in [6, 6.07) is 5.75. The van der Waals surface area contributed by atoms with E-state index in [0.717, 1.165) is 23.3 Å². The van der Waals surface area contributed by atoms with E-state index in [-0.39, 0.29) is 0 Å². The quantitative estimate of drug-likeness (QED) is 0.562. The van der Waals surface area contributed by atoms with Gasteiger partial charge in [-0.3, -0.25) is 0 Å². The largest absolute Gasteiger partial charge is 0.482 e. The molecule has 0 fully saturated rings. The zero-order valence-electron chi connectivity index (χ0n) is 9.99. The van der Waals surface area contributed by atoms with Gasteiger partial charge in [-0.1, -0.05) is 12.1 Å². The van der Waals surface area contributed by atoms with Crippen molar-refractivity contribution in [2.24, 2.45) is 5.16 Å². The van der Waals surface area contributed by atoms with Crippen LogP contribution in [0.1, 0.15) is 31.4 Å². The van der Waals surface area contributed by atoms with E-state index in [0.29, 0.717) is 12.4 Å². The predicted octanol–water partition coefficient (Wildman–Crippen LogP) is 3.19. The Hall–Kier alpha value is -1.51. The Morgan fingerprint density at radius 2 is 2.12 bits per heavy atom. The van der Waals surface area contributed by atoms with Gasteiger partial charge in [0.2, 0.25) is 0 Å². The third-order valence-electron chi connectivity index (χ3n) is 2.27. The molecular formula is C13H17NO2. The van der Waals surface area contributed by atoms with E-state index < -0.39 is 0 Å². The maximum Gasteiger partial charge on any atom is 0.180 e. The van der Waals surface area contributed by atoms with Gasteiger partial charge in [0, 0.05) is 0 Å². The summed E-state index contributed by atoms with van der Waals surface area (Å²) < 4.78 is 4.72. The molecule has 0 unspecified atom stereocenters. The summed E-state index contributed by atoms with van der Waals surface area (Å²) >= 11 is 0. The fraction of sp³-hybridized carbons (Fsp3) is 0.385. The molecule has 3 nitrogen and oxygen atoms in total. The highest BCUT2D eigenvalue weighted by Crippen LogP contribution is 2.19. The molecule has 3 heteroatoms. The van der Waals surface area contributed by atoms with Crippen LogP contribution in [0.3, 0.4) is 0 Å². The van der Waals surface area contributed by atoms with Crippen LogP contribution < -0.4 is 4.74 Å². The smallest absolute Gasteiger partial charge is 0.180 e. The lowest BCUT2D eigenvalue weighted by molar-refractivity contribution is 0.158. The first-order valence-electron chi connectivity index (χ1n) is 5.39. The highest BCUT2D eigenvalue weighted by Gasteiger charge is 2.05. The van der Waals surface area contributed by atoms with E-state index in [9.17, 15) is 0 Å². The average molecular weight is 219 g/mol. The second-order valence-electron chi connectivity index (χ2n) is 3.41. The summed E-state index contributed by atoms with van der Waals surface area (Å²) in [6.45, 7) is 6.47. The molecule has 16 heavy (non-hydrogen) atoms. The van der Waals surface area contributed by atoms with Gasteiger partial charge in [-0.15, -0.1) is 0 Å². The molecule has 1 rings (SSSR count). The van der Waals surface area contributed by atoms with Crippen LogP contribution in [0.25, 0.3) is 0 Å². The molecule has 0 aromatic heterocycles. The van der Waals surface area contributed by atoms with Crippen molar-refractivity contribution < 1.29 is 9.57 Å². The Bertz CT molecular complexity index is 372. The van der Waals surface area contributed by atoms with Crippen LogP contribution in [0.15, 0.2) is 23.4 Å². The highest BCUT2D eigenvalue weighted by molar-refractivity contribution is 6.00. The lowest BCUT2D eigenvalue weighted by Gasteiger charge is -2.08. The van der Waals surface area contributed by atoms with Gasteiger partial charge in [0.15, 0.2) is 7.11 Å². The number of oxime groups is 1. The Balaban J connectivity index is 2.98. The topological polar surface area (TPSA) is 30.8 Å². The van der Waals surface area contributed by atoms with E-state index in [4.69, 9.17) is 16.7 Å². The molecule has 2 radical (unpaired) electrons. The molecule has 0 saturated heterocycles. The average Bonchev–Trinajstić information content (AvgIpc) is 2.30. The van der Waals surface area contributed by atoms with Gasteiger partial charge < -0.3 is 9.57 Å². The third-order valence-corrected chi connectivity index (χ3v) is 2.27. The first-order valence-corrected chi connectivity index (χ1v) is 5.39. The first kappa shape index (κ1) is 12.6. The molecule has 0 atom stereocenters. The van der Waals surface area contributed by atoms with Crippen LogP contribution in [0.5, 0.6) is 5.75 Å². The van der Waals surface area contributed by atoms with E-state index in [1.807, 2.05) is 39.0 Å². The number of nitrogens with zero attached hydrogens (tertiary/aromatic N) is 1. The van der Waals surface area contributed by atoms with Crippen molar-refractivity contribution in [3.05, 3.63) is 36.4 Å². The molecule has 0 aliphatic carbocycles. The molecule has 0 N–H and O–H groups in total. The van der Waals surface area contributed by atoms with Crippen LogP contribution in [-0.2, 0) is 4.84 Å². The van der Waals surface area contributed by atoms with Crippen molar-refractivity contribution in [2.75, 3.05) is 6.61 Å². The molecule has 86 valence electrons. The second kappa shape index (κ2) is 6.16. The second-order valence-corrected chi connectivity index (χ2v) is 3.41. The molecule has 0 spiro atoms. The fourth-order valence-corrected chi connectivity index (χ4v) is 1.42. The summed E-state index contributed by atoms with van der Waals surface area (Å²) in [7, 11) is 5.13. The minimum Gasteiger partial charge on any atom is -0.482 e. The van der Waals surface area contributed by atoms with Crippen LogP contribution >= 0.6 is 0 Å². The van der Waals surface area contributed by atoms with E-state index >= 15 is 0 Å². The van der Waals surface area contributed by atoms with Gasteiger partial charge in [0.25, 0.3) is 0 Å². The van der Waals surface area contributed by atoms with Crippen molar-refractivity contribution in [3.8, 4) is 5.75 Å². The zero-order chi connectivity index (χ0) is 12.0. The normalized spacial score (nSPS) is 11.4. The van der Waals surface area contributed by atoms with Gasteiger partial charge in [-0.05, 0) is 49.6 Å². The van der Waals surface area contributed by atoms with Crippen LogP contribution in [0.2, 0.25) is 0 Å². The van der Waals surface area contributed by atoms with Crippen LogP contribution in [0, 0.1) is 14.0 Å². The SMILES string of the molecule is [CH]Oc1ccc(C(CC)=NOCC)cc1C. The number of hydrogen-bond donors (Lipinski definition) is 0. The van der Waals surface area contributed by atoms with E-state index in [1.165, 1.54) is 0 Å². The summed E-state index contributed by atoms with van der Waals surface area (Å²) in [5.41, 5.74) is 2.94. The van der Waals surface area contributed by atoms with E-state index in [2.05, 4.69) is 5.16 Å². The fourth-order valence-electron chi connectivity index (χ4n) is 1.42. The Labute approximate surface area is 97.1 Å². The molecule has 1 aromatic rings. The molecular weight excluding hydrogens is 202 g/mol. The Morgan fingerprint density at radius 3 is 2.62 bits per heavy atom. The lowest BCUT2D eigenvalue weighted by Crippen LogP contribution is -2.01. The minimum atomic E-state index is 0.576. The van der Waals surface area contributed by atoms with Crippen molar-refractivity contribution >= 4 is 5.71 Å². The summed E-state index contributed by atoms with van der Waals surface area (Å²) in [5.74, 6) is 0.676. The van der Waals surface area contributed by atoms with Gasteiger partial charge in [0.05, 0.1) is 5.71 Å². The van der Waals surface area contributed by atoms with Crippen molar-refractivity contribution in [1.82, 2.24) is 0 Å². The molecule has 0 aliphatic rings. The maximum atomic E-state index is 5.13.